The lowest BCUT2D eigenvalue weighted by Crippen LogP contribution is -2.39. The van der Waals surface area contributed by atoms with Crippen LogP contribution in [-0.4, -0.2) is 28.4 Å². The second-order valence-corrected chi connectivity index (χ2v) is 8.58. The van der Waals surface area contributed by atoms with Gasteiger partial charge in [-0.1, -0.05) is 55.8 Å². The van der Waals surface area contributed by atoms with Crippen LogP contribution in [-0.2, 0) is 4.79 Å². The molecule has 2 aromatic rings. The average molecular weight is 494 g/mol. The molecule has 1 aromatic heterocycles. The highest BCUT2D eigenvalue weighted by Crippen LogP contribution is 2.77. The number of allylic oxidation sites excluding steroid dienone is 2. The minimum Gasteiger partial charge on any atom is -0.481 e. The summed E-state index contributed by atoms with van der Waals surface area (Å²) in [4.78, 5) is 16.1. The standard InChI is InChI=1S/C22H18ClF6NO3/c1-19(2)14(11-15(23)21(24,25)26)20(19,18(31)32)17(22(27,28)29)13-9-6-10-16(30-13)33-12-7-4-3-5-8-12/h3-11,14,17H,1-2H3,(H,31,32)/t14-,17+,20+/m0/s1. The van der Waals surface area contributed by atoms with Gasteiger partial charge in [0.1, 0.15) is 16.7 Å². The zero-order chi connectivity index (χ0) is 24.8. The maximum atomic E-state index is 14.3. The molecule has 1 fully saturated rings. The number of hydrogen-bond donors (Lipinski definition) is 1. The highest BCUT2D eigenvalue weighted by atomic mass is 35.5. The van der Waals surface area contributed by atoms with E-state index < -0.39 is 51.7 Å². The van der Waals surface area contributed by atoms with Crippen molar-refractivity contribution in [2.45, 2.75) is 32.1 Å². The Kier molecular flexibility index (Phi) is 6.21. The summed E-state index contributed by atoms with van der Waals surface area (Å²) in [6.07, 6.45) is -9.83. The van der Waals surface area contributed by atoms with E-state index in [2.05, 4.69) is 4.98 Å². The fraction of sp³-hybridized carbons (Fsp3) is 0.364. The molecule has 0 amide bonds. The van der Waals surface area contributed by atoms with Crippen molar-refractivity contribution in [2.75, 3.05) is 0 Å². The van der Waals surface area contributed by atoms with E-state index in [1.54, 1.807) is 18.2 Å². The Bertz CT molecular complexity index is 1070. The normalized spacial score (nSPS) is 23.7. The molecule has 0 unspecified atom stereocenters. The van der Waals surface area contributed by atoms with E-state index in [9.17, 15) is 36.2 Å². The van der Waals surface area contributed by atoms with Crippen LogP contribution in [0, 0.1) is 16.7 Å². The van der Waals surface area contributed by atoms with Crippen LogP contribution < -0.4 is 4.74 Å². The monoisotopic (exact) mass is 493 g/mol. The lowest BCUT2D eigenvalue weighted by Gasteiger charge is -2.29. The SMILES string of the molecule is CC1(C)[C@H](C=C(Cl)C(F)(F)F)[C@]1(C(=O)O)[C@@H](c1cccc(Oc2ccccc2)n1)C(F)(F)F. The van der Waals surface area contributed by atoms with Gasteiger partial charge in [-0.15, -0.1) is 0 Å². The van der Waals surface area contributed by atoms with Gasteiger partial charge in [-0.05, 0) is 23.6 Å². The third-order valence-corrected chi connectivity index (χ3v) is 6.32. The van der Waals surface area contributed by atoms with Crippen molar-refractivity contribution in [3.63, 3.8) is 0 Å². The first-order valence-corrected chi connectivity index (χ1v) is 9.95. The molecule has 1 aliphatic carbocycles. The van der Waals surface area contributed by atoms with Gasteiger partial charge in [-0.2, -0.15) is 26.3 Å². The van der Waals surface area contributed by atoms with E-state index in [0.29, 0.717) is 6.08 Å². The Morgan fingerprint density at radius 3 is 2.21 bits per heavy atom. The molecule has 0 radical (unpaired) electrons. The van der Waals surface area contributed by atoms with Crippen molar-refractivity contribution in [3.05, 3.63) is 65.3 Å². The van der Waals surface area contributed by atoms with Crippen molar-refractivity contribution in [1.82, 2.24) is 4.98 Å². The molecule has 1 aromatic carbocycles. The van der Waals surface area contributed by atoms with Gasteiger partial charge in [0.05, 0.1) is 11.1 Å². The number of rotatable bonds is 6. The molecule has 1 aliphatic rings. The maximum absolute atomic E-state index is 14.3. The molecule has 33 heavy (non-hydrogen) atoms. The Morgan fingerprint density at radius 1 is 1.09 bits per heavy atom. The third-order valence-electron chi connectivity index (χ3n) is 5.98. The van der Waals surface area contributed by atoms with Gasteiger partial charge in [-0.25, -0.2) is 4.98 Å². The molecule has 4 nitrogen and oxygen atoms in total. The van der Waals surface area contributed by atoms with Gasteiger partial charge in [-0.3, -0.25) is 4.79 Å². The molecular formula is C22H18ClF6NO3. The van der Waals surface area contributed by atoms with Crippen molar-refractivity contribution < 1.29 is 41.0 Å². The number of carboxylic acid groups (broad SMARTS) is 1. The molecule has 1 saturated carbocycles. The summed E-state index contributed by atoms with van der Waals surface area (Å²) < 4.78 is 87.3. The molecule has 1 heterocycles. The van der Waals surface area contributed by atoms with E-state index >= 15 is 0 Å². The smallest absolute Gasteiger partial charge is 0.426 e. The number of pyridine rings is 1. The molecule has 3 rings (SSSR count). The fourth-order valence-corrected chi connectivity index (χ4v) is 4.54. The number of aliphatic carboxylic acids is 1. The first kappa shape index (κ1) is 24.9. The predicted octanol–water partition coefficient (Wildman–Crippen LogP) is 6.93. The van der Waals surface area contributed by atoms with Gasteiger partial charge in [0.25, 0.3) is 0 Å². The number of halogens is 7. The second-order valence-electron chi connectivity index (χ2n) is 8.18. The lowest BCUT2D eigenvalue weighted by molar-refractivity contribution is -0.184. The van der Waals surface area contributed by atoms with E-state index in [-0.39, 0.29) is 11.6 Å². The Hall–Kier alpha value is -2.75. The number of aromatic nitrogens is 1. The number of nitrogens with zero attached hydrogens (tertiary/aromatic N) is 1. The van der Waals surface area contributed by atoms with Gasteiger partial charge in [0, 0.05) is 12.0 Å². The molecule has 0 spiro atoms. The average Bonchev–Trinajstić information content (AvgIpc) is 3.16. The van der Waals surface area contributed by atoms with Gasteiger partial charge in [0.2, 0.25) is 5.88 Å². The summed E-state index contributed by atoms with van der Waals surface area (Å²) in [5, 5.41) is 8.23. The quantitative estimate of drug-likeness (QED) is 0.443. The summed E-state index contributed by atoms with van der Waals surface area (Å²) in [6, 6.07) is 11.5. The van der Waals surface area contributed by atoms with Crippen LogP contribution in [0.2, 0.25) is 0 Å². The van der Waals surface area contributed by atoms with Gasteiger partial charge >= 0.3 is 18.3 Å². The van der Waals surface area contributed by atoms with E-state index in [1.807, 2.05) is 0 Å². The van der Waals surface area contributed by atoms with Crippen LogP contribution in [0.5, 0.6) is 11.6 Å². The number of para-hydroxylation sites is 1. The topological polar surface area (TPSA) is 59.4 Å². The summed E-state index contributed by atoms with van der Waals surface area (Å²) in [5.41, 5.74) is -5.08. The second kappa shape index (κ2) is 8.23. The van der Waals surface area contributed by atoms with E-state index in [0.717, 1.165) is 19.9 Å². The van der Waals surface area contributed by atoms with Crippen LogP contribution in [0.25, 0.3) is 0 Å². The highest BCUT2D eigenvalue weighted by molar-refractivity contribution is 6.30. The molecule has 11 heteroatoms. The van der Waals surface area contributed by atoms with Crippen LogP contribution in [0.1, 0.15) is 25.5 Å². The van der Waals surface area contributed by atoms with Crippen LogP contribution in [0.3, 0.4) is 0 Å². The third kappa shape index (κ3) is 4.40. The lowest BCUT2D eigenvalue weighted by atomic mass is 9.79. The number of benzene rings is 1. The number of carbonyl (C=O) groups is 1. The van der Waals surface area contributed by atoms with Crippen LogP contribution in [0.4, 0.5) is 26.3 Å². The molecule has 0 bridgehead atoms. The van der Waals surface area contributed by atoms with E-state index in [4.69, 9.17) is 16.3 Å². The Morgan fingerprint density at radius 2 is 1.70 bits per heavy atom. The zero-order valence-electron chi connectivity index (χ0n) is 17.2. The number of ether oxygens (including phenoxy) is 1. The molecule has 1 N–H and O–H groups in total. The molecule has 3 atom stereocenters. The van der Waals surface area contributed by atoms with Crippen LogP contribution >= 0.6 is 11.6 Å². The number of hydrogen-bond acceptors (Lipinski definition) is 3. The van der Waals surface area contributed by atoms with Crippen molar-refractivity contribution in [3.8, 4) is 11.6 Å². The van der Waals surface area contributed by atoms with Gasteiger partial charge in [0.15, 0.2) is 0 Å². The Labute approximate surface area is 189 Å². The summed E-state index contributed by atoms with van der Waals surface area (Å²) in [5.74, 6) is -6.24. The molecule has 0 saturated heterocycles. The largest absolute Gasteiger partial charge is 0.481 e. The van der Waals surface area contributed by atoms with E-state index in [1.165, 1.54) is 24.3 Å². The summed E-state index contributed by atoms with van der Waals surface area (Å²) >= 11 is 5.26. The minimum absolute atomic E-state index is 0.229. The summed E-state index contributed by atoms with van der Waals surface area (Å²) in [6.45, 7) is 2.32. The van der Waals surface area contributed by atoms with Crippen LogP contribution in [0.15, 0.2) is 59.6 Å². The molecule has 0 aliphatic heterocycles. The Balaban J connectivity index is 2.12. The minimum atomic E-state index is -5.15. The first-order chi connectivity index (χ1) is 15.1. The van der Waals surface area contributed by atoms with Crippen molar-refractivity contribution in [2.24, 2.45) is 16.7 Å². The van der Waals surface area contributed by atoms with Crippen molar-refractivity contribution in [1.29, 1.82) is 0 Å². The molecule has 178 valence electrons. The fourth-order valence-electron chi connectivity index (χ4n) is 4.42. The molecular weight excluding hydrogens is 476 g/mol. The zero-order valence-corrected chi connectivity index (χ0v) is 18.0. The highest BCUT2D eigenvalue weighted by Gasteiger charge is 2.82. The summed E-state index contributed by atoms with van der Waals surface area (Å²) in [7, 11) is 0. The van der Waals surface area contributed by atoms with Gasteiger partial charge < -0.3 is 9.84 Å². The van der Waals surface area contributed by atoms with Crippen molar-refractivity contribution >= 4 is 17.6 Å². The predicted molar refractivity (Wildman–Crippen MR) is 107 cm³/mol. The number of carboxylic acids is 1. The first-order valence-electron chi connectivity index (χ1n) is 9.58. The maximum Gasteiger partial charge on any atom is 0.426 e. The number of alkyl halides is 6.